The number of aromatic hydroxyl groups is 1. The lowest BCUT2D eigenvalue weighted by Gasteiger charge is -2.09. The number of esters is 1. The maximum atomic E-state index is 11.5. The minimum Gasteiger partial charge on any atom is -0.507 e. The minimum absolute atomic E-state index is 0.0364. The molecule has 1 heterocycles. The first-order chi connectivity index (χ1) is 9.69. The molecule has 20 heavy (non-hydrogen) atoms. The molecule has 104 valence electrons. The smallest absolute Gasteiger partial charge is 0.338 e. The minimum atomic E-state index is -0.489. The Hall–Kier alpha value is -2.23. The molecule has 4 nitrogen and oxygen atoms in total. The molecule has 4 heteroatoms. The Morgan fingerprint density at radius 2 is 2.15 bits per heavy atom. The number of carbonyl (C=O) groups is 1. The highest BCUT2D eigenvalue weighted by Crippen LogP contribution is 2.35. The summed E-state index contributed by atoms with van der Waals surface area (Å²) in [5.41, 5.74) is 1.97. The second kappa shape index (κ2) is 5.04. The highest BCUT2D eigenvalue weighted by Gasteiger charge is 2.16. The Morgan fingerprint density at radius 3 is 2.85 bits per heavy atom. The van der Waals surface area contributed by atoms with Gasteiger partial charge < -0.3 is 14.3 Å². The summed E-state index contributed by atoms with van der Waals surface area (Å²) in [6.07, 6.45) is 6.60. The van der Waals surface area contributed by atoms with E-state index in [9.17, 15) is 9.90 Å². The molecule has 0 amide bonds. The molecule has 1 aromatic carbocycles. The maximum absolute atomic E-state index is 11.5. The van der Waals surface area contributed by atoms with E-state index >= 15 is 0 Å². The van der Waals surface area contributed by atoms with Crippen molar-refractivity contribution in [3.05, 3.63) is 35.6 Å². The standard InChI is InChI=1S/C16H16O4/c1-19-16(18)11-7-13(17)12-9-14(20-15(12)8-11)10-5-3-2-4-6-10/h5,7-9,17H,2-4,6H2,1H3. The number of benzene rings is 1. The summed E-state index contributed by atoms with van der Waals surface area (Å²) in [4.78, 5) is 11.5. The lowest BCUT2D eigenvalue weighted by molar-refractivity contribution is 0.0600. The highest BCUT2D eigenvalue weighted by molar-refractivity contribution is 5.97. The van der Waals surface area contributed by atoms with Crippen molar-refractivity contribution in [2.75, 3.05) is 7.11 Å². The van der Waals surface area contributed by atoms with Crippen LogP contribution in [-0.2, 0) is 4.74 Å². The van der Waals surface area contributed by atoms with Crippen molar-refractivity contribution in [2.45, 2.75) is 25.7 Å². The van der Waals surface area contributed by atoms with Gasteiger partial charge in [0.05, 0.1) is 18.1 Å². The molecule has 0 bridgehead atoms. The quantitative estimate of drug-likeness (QED) is 0.843. The van der Waals surface area contributed by atoms with Gasteiger partial charge in [-0.1, -0.05) is 6.08 Å². The summed E-state index contributed by atoms with van der Waals surface area (Å²) in [5, 5.41) is 10.6. The van der Waals surface area contributed by atoms with Gasteiger partial charge in [-0.2, -0.15) is 0 Å². The Labute approximate surface area is 116 Å². The SMILES string of the molecule is COC(=O)c1cc(O)c2cc(C3=CCCCC3)oc2c1. The Kier molecular flexibility index (Phi) is 3.22. The Morgan fingerprint density at radius 1 is 1.30 bits per heavy atom. The van der Waals surface area contributed by atoms with E-state index in [0.717, 1.165) is 25.0 Å². The summed E-state index contributed by atoms with van der Waals surface area (Å²) in [5.74, 6) is 0.323. The van der Waals surface area contributed by atoms with E-state index in [1.807, 2.05) is 6.07 Å². The van der Waals surface area contributed by atoms with Crippen molar-refractivity contribution in [3.8, 4) is 5.75 Å². The van der Waals surface area contributed by atoms with E-state index in [0.29, 0.717) is 11.0 Å². The van der Waals surface area contributed by atoms with E-state index in [1.165, 1.54) is 25.2 Å². The predicted octanol–water partition coefficient (Wildman–Crippen LogP) is 3.88. The fraction of sp³-hybridized carbons (Fsp3) is 0.312. The molecule has 0 atom stereocenters. The monoisotopic (exact) mass is 272 g/mol. The van der Waals surface area contributed by atoms with Gasteiger partial charge in [-0.25, -0.2) is 4.79 Å². The molecule has 3 rings (SSSR count). The Bertz CT molecular complexity index is 694. The lowest BCUT2D eigenvalue weighted by atomic mass is 9.98. The molecule has 1 N–H and O–H groups in total. The van der Waals surface area contributed by atoms with Crippen LogP contribution in [0.3, 0.4) is 0 Å². The zero-order valence-electron chi connectivity index (χ0n) is 11.3. The molecule has 1 aliphatic carbocycles. The average molecular weight is 272 g/mol. The van der Waals surface area contributed by atoms with Crippen molar-refractivity contribution in [1.29, 1.82) is 0 Å². The summed E-state index contributed by atoms with van der Waals surface area (Å²) < 4.78 is 10.4. The van der Waals surface area contributed by atoms with Crippen LogP contribution < -0.4 is 0 Å². The number of allylic oxidation sites excluding steroid dienone is 2. The number of phenols is 1. The van der Waals surface area contributed by atoms with Crippen LogP contribution in [0.1, 0.15) is 41.8 Å². The molecule has 0 saturated heterocycles. The predicted molar refractivity (Wildman–Crippen MR) is 75.7 cm³/mol. The van der Waals surface area contributed by atoms with Gasteiger partial charge in [-0.3, -0.25) is 0 Å². The van der Waals surface area contributed by atoms with Crippen molar-refractivity contribution >= 4 is 22.5 Å². The van der Waals surface area contributed by atoms with Gasteiger partial charge in [0.2, 0.25) is 0 Å². The van der Waals surface area contributed by atoms with Gasteiger partial charge in [0.15, 0.2) is 0 Å². The topological polar surface area (TPSA) is 59.7 Å². The number of carbonyl (C=O) groups excluding carboxylic acids is 1. The summed E-state index contributed by atoms with van der Waals surface area (Å²) in [6.45, 7) is 0. The van der Waals surface area contributed by atoms with Crippen LogP contribution in [0.15, 0.2) is 28.7 Å². The van der Waals surface area contributed by atoms with Gasteiger partial charge in [0.1, 0.15) is 17.1 Å². The average Bonchev–Trinajstić information content (AvgIpc) is 2.92. The van der Waals surface area contributed by atoms with Crippen molar-refractivity contribution in [1.82, 2.24) is 0 Å². The second-order valence-corrected chi connectivity index (χ2v) is 4.98. The largest absolute Gasteiger partial charge is 0.507 e. The van der Waals surface area contributed by atoms with Crippen molar-refractivity contribution in [3.63, 3.8) is 0 Å². The molecule has 1 aliphatic rings. The van der Waals surface area contributed by atoms with Crippen LogP contribution >= 0.6 is 0 Å². The zero-order valence-corrected chi connectivity index (χ0v) is 11.3. The van der Waals surface area contributed by atoms with Gasteiger partial charge in [0.25, 0.3) is 0 Å². The molecule has 0 radical (unpaired) electrons. The van der Waals surface area contributed by atoms with Gasteiger partial charge in [-0.15, -0.1) is 0 Å². The molecular weight excluding hydrogens is 256 g/mol. The van der Waals surface area contributed by atoms with Gasteiger partial charge >= 0.3 is 5.97 Å². The lowest BCUT2D eigenvalue weighted by Crippen LogP contribution is -2.00. The molecule has 0 aliphatic heterocycles. The molecule has 0 unspecified atom stereocenters. The second-order valence-electron chi connectivity index (χ2n) is 4.98. The molecule has 2 aromatic rings. The zero-order chi connectivity index (χ0) is 14.1. The number of fused-ring (bicyclic) bond motifs is 1. The van der Waals surface area contributed by atoms with Crippen LogP contribution in [0.25, 0.3) is 16.5 Å². The summed E-state index contributed by atoms with van der Waals surface area (Å²) >= 11 is 0. The van der Waals surface area contributed by atoms with Crippen LogP contribution in [-0.4, -0.2) is 18.2 Å². The number of ether oxygens (including phenoxy) is 1. The molecule has 0 fully saturated rings. The molecular formula is C16H16O4. The van der Waals surface area contributed by atoms with Crippen molar-refractivity contribution in [2.24, 2.45) is 0 Å². The van der Waals surface area contributed by atoms with E-state index in [-0.39, 0.29) is 11.3 Å². The third-order valence-electron chi connectivity index (χ3n) is 3.64. The third-order valence-corrected chi connectivity index (χ3v) is 3.64. The van der Waals surface area contributed by atoms with Gasteiger partial charge in [-0.05, 0) is 49.5 Å². The van der Waals surface area contributed by atoms with Crippen LogP contribution in [0.4, 0.5) is 0 Å². The normalized spacial score (nSPS) is 15.2. The van der Waals surface area contributed by atoms with Crippen LogP contribution in [0.2, 0.25) is 0 Å². The highest BCUT2D eigenvalue weighted by atomic mass is 16.5. The first-order valence-corrected chi connectivity index (χ1v) is 6.73. The van der Waals surface area contributed by atoms with Gasteiger partial charge in [0, 0.05) is 0 Å². The first kappa shape index (κ1) is 12.8. The summed E-state index contributed by atoms with van der Waals surface area (Å²) in [6, 6.07) is 4.85. The van der Waals surface area contributed by atoms with E-state index in [2.05, 4.69) is 10.8 Å². The summed E-state index contributed by atoms with van der Waals surface area (Å²) in [7, 11) is 1.31. The number of methoxy groups -OCH3 is 1. The van der Waals surface area contributed by atoms with Crippen LogP contribution in [0, 0.1) is 0 Å². The molecule has 1 aromatic heterocycles. The van der Waals surface area contributed by atoms with E-state index < -0.39 is 5.97 Å². The number of phenolic OH excluding ortho intramolecular Hbond substituents is 1. The van der Waals surface area contributed by atoms with E-state index in [1.54, 1.807) is 6.07 Å². The number of hydrogen-bond acceptors (Lipinski definition) is 4. The fourth-order valence-electron chi connectivity index (χ4n) is 2.58. The maximum Gasteiger partial charge on any atom is 0.338 e. The van der Waals surface area contributed by atoms with Crippen LogP contribution in [0.5, 0.6) is 5.75 Å². The number of hydrogen-bond donors (Lipinski definition) is 1. The number of rotatable bonds is 2. The molecule has 0 saturated carbocycles. The van der Waals surface area contributed by atoms with E-state index in [4.69, 9.17) is 4.42 Å². The third kappa shape index (κ3) is 2.18. The first-order valence-electron chi connectivity index (χ1n) is 6.73. The fourth-order valence-corrected chi connectivity index (χ4v) is 2.58. The number of furan rings is 1. The molecule has 0 spiro atoms. The Balaban J connectivity index is 2.08. The van der Waals surface area contributed by atoms with Crippen molar-refractivity contribution < 1.29 is 19.1 Å².